The Kier molecular flexibility index (Phi) is 6.80. The van der Waals surface area contributed by atoms with Crippen LogP contribution >= 0.6 is 0 Å². The fourth-order valence-electron chi connectivity index (χ4n) is 4.08. The molecule has 3 N–H and O–H groups in total. The zero-order valence-electron chi connectivity index (χ0n) is 19.2. The van der Waals surface area contributed by atoms with E-state index in [1.807, 2.05) is 4.90 Å². The van der Waals surface area contributed by atoms with Gasteiger partial charge in [-0.1, -0.05) is 19.4 Å². The minimum absolute atomic E-state index is 0.139. The third-order valence-electron chi connectivity index (χ3n) is 5.86. The number of methoxy groups -OCH3 is 1. The zero-order chi connectivity index (χ0) is 24.2. The van der Waals surface area contributed by atoms with E-state index in [9.17, 15) is 14.4 Å². The molecule has 2 amide bonds. The van der Waals surface area contributed by atoms with Crippen LogP contribution in [0.1, 0.15) is 46.9 Å². The highest BCUT2D eigenvalue weighted by Gasteiger charge is 2.39. The summed E-state index contributed by atoms with van der Waals surface area (Å²) >= 11 is 0. The Morgan fingerprint density at radius 2 is 2.03 bits per heavy atom. The fraction of sp³-hybridized carbons (Fsp3) is 0.435. The van der Waals surface area contributed by atoms with Crippen molar-refractivity contribution in [3.63, 3.8) is 0 Å². The van der Waals surface area contributed by atoms with E-state index in [0.29, 0.717) is 43.2 Å². The van der Waals surface area contributed by atoms with Crippen LogP contribution in [-0.4, -0.2) is 72.0 Å². The minimum atomic E-state index is -0.652. The predicted molar refractivity (Wildman–Crippen MR) is 125 cm³/mol. The van der Waals surface area contributed by atoms with Crippen molar-refractivity contribution in [1.82, 2.24) is 14.9 Å². The summed E-state index contributed by atoms with van der Waals surface area (Å²) < 4.78 is 10.4. The van der Waals surface area contributed by atoms with Crippen LogP contribution in [0.4, 0.5) is 17.3 Å². The minimum Gasteiger partial charge on any atom is -0.465 e. The molecular weight excluding hydrogens is 440 g/mol. The molecule has 1 aromatic heterocycles. The molecule has 34 heavy (non-hydrogen) atoms. The van der Waals surface area contributed by atoms with Gasteiger partial charge in [0.2, 0.25) is 5.91 Å². The maximum atomic E-state index is 13.3. The second-order valence-electron chi connectivity index (χ2n) is 8.17. The number of benzene rings is 1. The molecule has 1 unspecified atom stereocenters. The van der Waals surface area contributed by atoms with Crippen molar-refractivity contribution in [1.29, 1.82) is 0 Å². The van der Waals surface area contributed by atoms with Gasteiger partial charge in [0.25, 0.3) is 5.91 Å². The SMILES string of the molecule is CCCCOc1nc(N)c2c(n1)N1CCCN(C(=O)c3cccc(C(=O)OC)c3)CC1C(=O)N2. The van der Waals surface area contributed by atoms with Gasteiger partial charge in [-0.25, -0.2) is 4.79 Å². The highest BCUT2D eigenvalue weighted by atomic mass is 16.5. The molecule has 1 aromatic carbocycles. The van der Waals surface area contributed by atoms with Gasteiger partial charge in [-0.3, -0.25) is 9.59 Å². The van der Waals surface area contributed by atoms with E-state index in [-0.39, 0.29) is 35.8 Å². The first-order valence-corrected chi connectivity index (χ1v) is 11.3. The lowest BCUT2D eigenvalue weighted by Crippen LogP contribution is -2.53. The largest absolute Gasteiger partial charge is 0.465 e. The summed E-state index contributed by atoms with van der Waals surface area (Å²) in [6.45, 7) is 3.63. The number of ether oxygens (including phenoxy) is 2. The van der Waals surface area contributed by atoms with E-state index in [1.165, 1.54) is 13.2 Å². The Balaban J connectivity index is 1.58. The molecule has 11 nitrogen and oxygen atoms in total. The summed E-state index contributed by atoms with van der Waals surface area (Å²) in [6, 6.07) is 5.87. The Morgan fingerprint density at radius 3 is 2.79 bits per heavy atom. The third-order valence-corrected chi connectivity index (χ3v) is 5.86. The predicted octanol–water partition coefficient (Wildman–Crippen LogP) is 1.70. The molecule has 1 saturated heterocycles. The first-order valence-electron chi connectivity index (χ1n) is 11.3. The number of esters is 1. The molecule has 0 bridgehead atoms. The average molecular weight is 469 g/mol. The lowest BCUT2D eigenvalue weighted by atomic mass is 10.1. The summed E-state index contributed by atoms with van der Waals surface area (Å²) in [4.78, 5) is 50.3. The number of fused-ring (bicyclic) bond motifs is 3. The Morgan fingerprint density at radius 1 is 1.24 bits per heavy atom. The van der Waals surface area contributed by atoms with Gasteiger partial charge in [0.15, 0.2) is 11.6 Å². The number of rotatable bonds is 6. The van der Waals surface area contributed by atoms with Gasteiger partial charge >= 0.3 is 12.0 Å². The molecule has 2 aromatic rings. The van der Waals surface area contributed by atoms with Crippen LogP contribution in [-0.2, 0) is 9.53 Å². The van der Waals surface area contributed by atoms with Crippen LogP contribution < -0.4 is 20.7 Å². The number of anilines is 3. The number of hydrogen-bond acceptors (Lipinski definition) is 9. The van der Waals surface area contributed by atoms with E-state index < -0.39 is 12.0 Å². The van der Waals surface area contributed by atoms with Crippen molar-refractivity contribution in [3.8, 4) is 6.01 Å². The van der Waals surface area contributed by atoms with Crippen LogP contribution in [0.25, 0.3) is 0 Å². The third kappa shape index (κ3) is 4.59. The fourth-order valence-corrected chi connectivity index (χ4v) is 4.08. The van der Waals surface area contributed by atoms with Gasteiger partial charge in [0.1, 0.15) is 11.7 Å². The highest BCUT2D eigenvalue weighted by Crippen LogP contribution is 2.36. The van der Waals surface area contributed by atoms with Crippen molar-refractivity contribution >= 4 is 35.1 Å². The van der Waals surface area contributed by atoms with E-state index in [0.717, 1.165) is 12.8 Å². The van der Waals surface area contributed by atoms with Crippen molar-refractivity contribution in [2.24, 2.45) is 0 Å². The molecule has 4 rings (SSSR count). The van der Waals surface area contributed by atoms with Crippen molar-refractivity contribution < 1.29 is 23.9 Å². The Bertz CT molecular complexity index is 1110. The topological polar surface area (TPSA) is 140 Å². The maximum Gasteiger partial charge on any atom is 0.337 e. The summed E-state index contributed by atoms with van der Waals surface area (Å²) in [6.07, 6.45) is 2.44. The normalized spacial score (nSPS) is 17.2. The molecule has 2 aliphatic heterocycles. The average Bonchev–Trinajstić information content (AvgIpc) is 3.08. The number of nitrogen functional groups attached to an aromatic ring is 1. The molecule has 0 radical (unpaired) electrons. The van der Waals surface area contributed by atoms with Gasteiger partial charge in [-0.15, -0.1) is 0 Å². The number of amides is 2. The number of nitrogens with one attached hydrogen (secondary N) is 1. The van der Waals surface area contributed by atoms with Crippen LogP contribution in [0.5, 0.6) is 6.01 Å². The van der Waals surface area contributed by atoms with E-state index in [2.05, 4.69) is 22.2 Å². The van der Waals surface area contributed by atoms with Gasteiger partial charge in [-0.2, -0.15) is 9.97 Å². The molecule has 180 valence electrons. The molecule has 3 heterocycles. The van der Waals surface area contributed by atoms with E-state index in [1.54, 1.807) is 23.1 Å². The number of nitrogens with zero attached hydrogens (tertiary/aromatic N) is 4. The maximum absolute atomic E-state index is 13.3. The second kappa shape index (κ2) is 9.94. The highest BCUT2D eigenvalue weighted by molar-refractivity contribution is 6.06. The quantitative estimate of drug-likeness (QED) is 0.479. The van der Waals surface area contributed by atoms with Crippen LogP contribution in [0.2, 0.25) is 0 Å². The second-order valence-corrected chi connectivity index (χ2v) is 8.17. The van der Waals surface area contributed by atoms with Gasteiger partial charge in [0.05, 0.1) is 25.8 Å². The lowest BCUT2D eigenvalue weighted by Gasteiger charge is -2.36. The summed E-state index contributed by atoms with van der Waals surface area (Å²) in [5, 5.41) is 2.80. The Labute approximate surface area is 197 Å². The van der Waals surface area contributed by atoms with Crippen LogP contribution in [0.15, 0.2) is 24.3 Å². The van der Waals surface area contributed by atoms with E-state index >= 15 is 0 Å². The molecule has 0 saturated carbocycles. The lowest BCUT2D eigenvalue weighted by molar-refractivity contribution is -0.117. The van der Waals surface area contributed by atoms with Crippen LogP contribution in [0, 0.1) is 0 Å². The summed E-state index contributed by atoms with van der Waals surface area (Å²) in [5.74, 6) is -0.442. The number of carbonyl (C=O) groups excluding carboxylic acids is 3. The Hall–Kier alpha value is -3.89. The molecule has 0 aliphatic carbocycles. The number of aromatic nitrogens is 2. The molecule has 1 fully saturated rings. The molecule has 1 atom stereocenters. The molecular formula is C23H28N6O5. The first-order chi connectivity index (χ1) is 16.4. The van der Waals surface area contributed by atoms with Gasteiger partial charge < -0.3 is 30.3 Å². The van der Waals surface area contributed by atoms with Crippen molar-refractivity contribution in [2.75, 3.05) is 49.3 Å². The number of unbranched alkanes of at least 4 members (excludes halogenated alkanes) is 1. The summed E-state index contributed by atoms with van der Waals surface area (Å²) in [5.41, 5.74) is 7.09. The molecule has 0 spiro atoms. The monoisotopic (exact) mass is 468 g/mol. The standard InChI is InChI=1S/C23H28N6O5/c1-3-4-11-34-23-26-18(24)17-19(27-23)29-10-6-9-28(13-16(29)20(30)25-17)21(31)14-7-5-8-15(12-14)22(32)33-2/h5,7-8,12,16H,3-4,6,9-11,13H2,1-2H3,(H,25,30)(H2,24,26,27). The first kappa shape index (κ1) is 23.3. The number of hydrogen-bond donors (Lipinski definition) is 2. The number of carbonyl (C=O) groups is 3. The zero-order valence-corrected chi connectivity index (χ0v) is 19.2. The van der Waals surface area contributed by atoms with Crippen LogP contribution in [0.3, 0.4) is 0 Å². The summed E-state index contributed by atoms with van der Waals surface area (Å²) in [7, 11) is 1.29. The smallest absolute Gasteiger partial charge is 0.337 e. The number of nitrogens with two attached hydrogens (primary N) is 1. The molecule has 11 heteroatoms. The van der Waals surface area contributed by atoms with Gasteiger partial charge in [0, 0.05) is 18.7 Å². The molecule has 2 aliphatic rings. The van der Waals surface area contributed by atoms with Gasteiger partial charge in [-0.05, 0) is 31.0 Å². The van der Waals surface area contributed by atoms with Crippen molar-refractivity contribution in [2.45, 2.75) is 32.2 Å². The van der Waals surface area contributed by atoms with E-state index in [4.69, 9.17) is 15.2 Å². The van der Waals surface area contributed by atoms with Crippen molar-refractivity contribution in [3.05, 3.63) is 35.4 Å².